The first-order valence-corrected chi connectivity index (χ1v) is 9.44. The van der Waals surface area contributed by atoms with Gasteiger partial charge in [-0.25, -0.2) is 12.7 Å². The smallest absolute Gasteiger partial charge is 0.213 e. The Hall–Kier alpha value is -1.60. The highest BCUT2D eigenvalue weighted by molar-refractivity contribution is 7.89. The molecule has 130 valence electrons. The Morgan fingerprint density at radius 2 is 1.96 bits per heavy atom. The number of aryl methyl sites for hydroxylation is 1. The van der Waals surface area contributed by atoms with Gasteiger partial charge < -0.3 is 10.6 Å². The van der Waals surface area contributed by atoms with Crippen molar-refractivity contribution >= 4 is 16.0 Å². The molecule has 0 atom stereocenters. The lowest BCUT2D eigenvalue weighted by atomic mass is 10.1. The molecule has 0 aliphatic heterocycles. The van der Waals surface area contributed by atoms with E-state index >= 15 is 0 Å². The summed E-state index contributed by atoms with van der Waals surface area (Å²) in [5, 5.41) is 6.46. The number of nitrogens with one attached hydrogen (secondary N) is 2. The van der Waals surface area contributed by atoms with Crippen molar-refractivity contribution in [3.63, 3.8) is 0 Å². The maximum Gasteiger partial charge on any atom is 0.213 e. The lowest BCUT2D eigenvalue weighted by molar-refractivity contribution is 0.461. The van der Waals surface area contributed by atoms with Crippen LogP contribution >= 0.6 is 0 Å². The van der Waals surface area contributed by atoms with Gasteiger partial charge in [0.2, 0.25) is 10.0 Å². The van der Waals surface area contributed by atoms with Crippen molar-refractivity contribution in [1.82, 2.24) is 14.9 Å². The molecule has 0 aliphatic rings. The lowest BCUT2D eigenvalue weighted by Crippen LogP contribution is -2.38. The van der Waals surface area contributed by atoms with Gasteiger partial charge in [0.15, 0.2) is 5.96 Å². The molecule has 0 radical (unpaired) electrons. The van der Waals surface area contributed by atoms with Crippen molar-refractivity contribution in [1.29, 1.82) is 0 Å². The number of hydrogen-bond acceptors (Lipinski definition) is 3. The Kier molecular flexibility index (Phi) is 8.05. The third kappa shape index (κ3) is 6.58. The van der Waals surface area contributed by atoms with Crippen molar-refractivity contribution in [3.05, 3.63) is 35.4 Å². The molecule has 1 aromatic carbocycles. The molecule has 2 N–H and O–H groups in total. The number of nitrogens with zero attached hydrogens (tertiary/aromatic N) is 2. The zero-order chi connectivity index (χ0) is 17.3. The van der Waals surface area contributed by atoms with E-state index in [0.29, 0.717) is 25.6 Å². The predicted molar refractivity (Wildman–Crippen MR) is 96.1 cm³/mol. The zero-order valence-electron chi connectivity index (χ0n) is 14.5. The molecular weight excluding hydrogens is 312 g/mol. The van der Waals surface area contributed by atoms with Gasteiger partial charge in [0.25, 0.3) is 0 Å². The first-order chi connectivity index (χ1) is 10.9. The average molecular weight is 340 g/mol. The van der Waals surface area contributed by atoms with E-state index < -0.39 is 10.0 Å². The summed E-state index contributed by atoms with van der Waals surface area (Å²) >= 11 is 0. The molecule has 0 saturated heterocycles. The fraction of sp³-hybridized carbons (Fsp3) is 0.562. The van der Waals surface area contributed by atoms with Crippen LogP contribution in [0.5, 0.6) is 0 Å². The highest BCUT2D eigenvalue weighted by Crippen LogP contribution is 2.05. The normalized spacial score (nSPS) is 12.5. The molecule has 0 unspecified atom stereocenters. The van der Waals surface area contributed by atoms with E-state index in [2.05, 4.69) is 34.7 Å². The fourth-order valence-corrected chi connectivity index (χ4v) is 2.92. The van der Waals surface area contributed by atoms with Gasteiger partial charge in [-0.3, -0.25) is 4.99 Å². The van der Waals surface area contributed by atoms with Crippen LogP contribution in [0.3, 0.4) is 0 Å². The zero-order valence-corrected chi connectivity index (χ0v) is 15.3. The van der Waals surface area contributed by atoms with E-state index in [-0.39, 0.29) is 5.75 Å². The number of sulfonamides is 1. The van der Waals surface area contributed by atoms with Crippen LogP contribution in [0.25, 0.3) is 0 Å². The summed E-state index contributed by atoms with van der Waals surface area (Å²) < 4.78 is 24.7. The quantitative estimate of drug-likeness (QED) is 0.425. The monoisotopic (exact) mass is 340 g/mol. The summed E-state index contributed by atoms with van der Waals surface area (Å²) in [6.45, 7) is 5.60. The second-order valence-corrected chi connectivity index (χ2v) is 7.72. The van der Waals surface area contributed by atoms with E-state index in [1.165, 1.54) is 15.4 Å². The van der Waals surface area contributed by atoms with Crippen LogP contribution < -0.4 is 10.6 Å². The highest BCUT2D eigenvalue weighted by atomic mass is 32.2. The van der Waals surface area contributed by atoms with Gasteiger partial charge in [0, 0.05) is 33.7 Å². The average Bonchev–Trinajstić information content (AvgIpc) is 2.55. The molecule has 1 aromatic rings. The van der Waals surface area contributed by atoms with Crippen molar-refractivity contribution in [3.8, 4) is 0 Å². The Morgan fingerprint density at radius 1 is 1.26 bits per heavy atom. The second kappa shape index (κ2) is 9.52. The van der Waals surface area contributed by atoms with Gasteiger partial charge in [0.05, 0.1) is 5.75 Å². The highest BCUT2D eigenvalue weighted by Gasteiger charge is 2.13. The van der Waals surface area contributed by atoms with Crippen LogP contribution in [0, 0.1) is 6.92 Å². The Balaban J connectivity index is 2.34. The van der Waals surface area contributed by atoms with Crippen LogP contribution in [0.1, 0.15) is 24.5 Å². The minimum atomic E-state index is -3.10. The van der Waals surface area contributed by atoms with E-state index in [1.807, 2.05) is 12.1 Å². The summed E-state index contributed by atoms with van der Waals surface area (Å²) in [7, 11) is 0.242. The molecular formula is C16H28N4O2S. The van der Waals surface area contributed by atoms with Crippen molar-refractivity contribution < 1.29 is 8.42 Å². The molecule has 6 nitrogen and oxygen atoms in total. The Bertz CT molecular complexity index is 614. The number of aliphatic imine (C=N–C) groups is 1. The van der Waals surface area contributed by atoms with Crippen LogP contribution in [-0.2, 0) is 16.6 Å². The maximum absolute atomic E-state index is 11.6. The molecule has 0 aliphatic carbocycles. The van der Waals surface area contributed by atoms with Crippen molar-refractivity contribution in [2.24, 2.45) is 4.99 Å². The fourth-order valence-electron chi connectivity index (χ4n) is 2.08. The molecule has 7 heteroatoms. The summed E-state index contributed by atoms with van der Waals surface area (Å²) in [5.74, 6) is 0.852. The third-order valence-corrected chi connectivity index (χ3v) is 5.57. The van der Waals surface area contributed by atoms with Crippen LogP contribution in [0.15, 0.2) is 29.3 Å². The van der Waals surface area contributed by atoms with E-state index in [1.54, 1.807) is 21.0 Å². The second-order valence-electron chi connectivity index (χ2n) is 5.35. The number of rotatable bonds is 8. The first-order valence-electron chi connectivity index (χ1n) is 7.83. The molecule has 0 aromatic heterocycles. The lowest BCUT2D eigenvalue weighted by Gasteiger charge is -2.17. The molecule has 1 rings (SSSR count). The van der Waals surface area contributed by atoms with Crippen molar-refractivity contribution in [2.45, 2.75) is 26.8 Å². The molecule has 0 amide bonds. The predicted octanol–water partition coefficient (Wildman–Crippen LogP) is 1.33. The largest absolute Gasteiger partial charge is 0.356 e. The van der Waals surface area contributed by atoms with Gasteiger partial charge in [-0.2, -0.15) is 0 Å². The van der Waals surface area contributed by atoms with Gasteiger partial charge in [0.1, 0.15) is 0 Å². The van der Waals surface area contributed by atoms with Crippen molar-refractivity contribution in [2.75, 3.05) is 32.9 Å². The molecule has 0 fully saturated rings. The van der Waals surface area contributed by atoms with E-state index in [9.17, 15) is 8.42 Å². The summed E-state index contributed by atoms with van der Waals surface area (Å²) in [6.07, 6.45) is 0.723. The van der Waals surface area contributed by atoms with Crippen LogP contribution in [0.2, 0.25) is 0 Å². The molecule has 23 heavy (non-hydrogen) atoms. The summed E-state index contributed by atoms with van der Waals surface area (Å²) in [5.41, 5.74) is 2.46. The molecule has 0 bridgehead atoms. The topological polar surface area (TPSA) is 73.8 Å². The minimum absolute atomic E-state index is 0.135. The first kappa shape index (κ1) is 19.4. The third-order valence-electron chi connectivity index (χ3n) is 3.71. The van der Waals surface area contributed by atoms with Gasteiger partial charge in [-0.1, -0.05) is 24.3 Å². The van der Waals surface area contributed by atoms with E-state index in [4.69, 9.17) is 0 Å². The van der Waals surface area contributed by atoms with Gasteiger partial charge >= 0.3 is 0 Å². The summed E-state index contributed by atoms with van der Waals surface area (Å²) in [6, 6.07) is 8.20. The summed E-state index contributed by atoms with van der Waals surface area (Å²) in [4.78, 5) is 4.18. The number of hydrogen-bond donors (Lipinski definition) is 2. The molecule has 0 spiro atoms. The standard InChI is InChI=1S/C16H28N4O2S/c1-5-23(21,22)20(4)12-8-11-18-16(17-3)19-13-15-10-7-6-9-14(15)2/h6-7,9-10H,5,8,11-13H2,1-4H3,(H2,17,18,19). The Morgan fingerprint density at radius 3 is 2.57 bits per heavy atom. The van der Waals surface area contributed by atoms with Gasteiger partial charge in [-0.05, 0) is 31.4 Å². The van der Waals surface area contributed by atoms with Gasteiger partial charge in [-0.15, -0.1) is 0 Å². The number of benzene rings is 1. The SMILES string of the molecule is CCS(=O)(=O)N(C)CCCNC(=NC)NCc1ccccc1C. The maximum atomic E-state index is 11.6. The Labute approximate surface area is 140 Å². The molecule has 0 heterocycles. The van der Waals surface area contributed by atoms with Crippen LogP contribution in [0.4, 0.5) is 0 Å². The number of guanidine groups is 1. The van der Waals surface area contributed by atoms with E-state index in [0.717, 1.165) is 6.42 Å². The van der Waals surface area contributed by atoms with Crippen LogP contribution in [-0.4, -0.2) is 51.6 Å². The minimum Gasteiger partial charge on any atom is -0.356 e. The molecule has 0 saturated carbocycles.